The number of furan rings is 1. The van der Waals surface area contributed by atoms with Crippen LogP contribution < -0.4 is 0 Å². The lowest BCUT2D eigenvalue weighted by Crippen LogP contribution is -2.30. The molecule has 1 atom stereocenters. The van der Waals surface area contributed by atoms with Crippen LogP contribution in [0.4, 0.5) is 0 Å². The number of amides is 1. The first kappa shape index (κ1) is 20.5. The fourth-order valence-electron chi connectivity index (χ4n) is 4.18. The van der Waals surface area contributed by atoms with Crippen molar-refractivity contribution < 1.29 is 9.21 Å². The summed E-state index contributed by atoms with van der Waals surface area (Å²) in [7, 11) is 0. The zero-order chi connectivity index (χ0) is 22.1. The van der Waals surface area contributed by atoms with E-state index in [-0.39, 0.29) is 18.5 Å². The average molecular weight is 447 g/mol. The summed E-state index contributed by atoms with van der Waals surface area (Å²) in [5, 5.41) is 6.95. The molecule has 4 aromatic rings. The zero-order valence-corrected chi connectivity index (χ0v) is 18.5. The fraction of sp³-hybridized carbons (Fsp3) is 0.240. The van der Waals surface area contributed by atoms with E-state index in [9.17, 15) is 4.79 Å². The number of fused-ring (bicyclic) bond motifs is 1. The second kappa shape index (κ2) is 8.63. The summed E-state index contributed by atoms with van der Waals surface area (Å²) in [6, 6.07) is 18.9. The third-order valence-electron chi connectivity index (χ3n) is 5.72. The van der Waals surface area contributed by atoms with Crippen LogP contribution in [0.2, 0.25) is 5.02 Å². The molecule has 0 radical (unpaired) electrons. The van der Waals surface area contributed by atoms with Crippen LogP contribution in [0, 0.1) is 0 Å². The lowest BCUT2D eigenvalue weighted by molar-refractivity contribution is -0.134. The van der Waals surface area contributed by atoms with Gasteiger partial charge in [0.05, 0.1) is 23.0 Å². The summed E-state index contributed by atoms with van der Waals surface area (Å²) >= 11 is 6.05. The second-order valence-electron chi connectivity index (χ2n) is 7.88. The summed E-state index contributed by atoms with van der Waals surface area (Å²) in [6.45, 7) is 2.28. The summed E-state index contributed by atoms with van der Waals surface area (Å²) < 4.78 is 7.67. The van der Waals surface area contributed by atoms with Crippen LogP contribution in [0.3, 0.4) is 0 Å². The first-order valence-corrected chi connectivity index (χ1v) is 11.1. The van der Waals surface area contributed by atoms with Crippen molar-refractivity contribution in [2.75, 3.05) is 0 Å². The Kier molecular flexibility index (Phi) is 5.53. The lowest BCUT2D eigenvalue weighted by Gasteiger charge is -2.21. The highest BCUT2D eigenvalue weighted by atomic mass is 35.5. The molecule has 1 amide bonds. The van der Waals surface area contributed by atoms with Gasteiger partial charge in [-0.1, -0.05) is 42.8 Å². The number of hydrazone groups is 1. The number of imidazole rings is 1. The molecule has 32 heavy (non-hydrogen) atoms. The number of hydrogen-bond acceptors (Lipinski definition) is 4. The molecule has 0 unspecified atom stereocenters. The van der Waals surface area contributed by atoms with Crippen molar-refractivity contribution in [1.82, 2.24) is 14.6 Å². The number of halogens is 1. The Morgan fingerprint density at radius 1 is 1.12 bits per heavy atom. The van der Waals surface area contributed by atoms with Crippen LogP contribution in [-0.4, -0.2) is 26.2 Å². The van der Waals surface area contributed by atoms with Crippen molar-refractivity contribution in [3.8, 4) is 0 Å². The van der Waals surface area contributed by atoms with E-state index in [1.807, 2.05) is 65.2 Å². The molecule has 1 aliphatic heterocycles. The third kappa shape index (κ3) is 3.82. The number of benzene rings is 2. The Hall–Kier alpha value is -3.38. The number of aryl methyl sites for hydroxylation is 1. The molecule has 0 aliphatic carbocycles. The highest BCUT2D eigenvalue weighted by Gasteiger charge is 2.35. The molecule has 3 heterocycles. The molecule has 0 bridgehead atoms. The Morgan fingerprint density at radius 2 is 1.94 bits per heavy atom. The van der Waals surface area contributed by atoms with Gasteiger partial charge in [-0.3, -0.25) is 4.79 Å². The summed E-state index contributed by atoms with van der Waals surface area (Å²) in [5.41, 5.74) is 3.64. The number of carbonyl (C=O) groups is 1. The normalized spacial score (nSPS) is 16.0. The molecule has 7 heteroatoms. The predicted molar refractivity (Wildman–Crippen MR) is 125 cm³/mol. The van der Waals surface area contributed by atoms with Crippen molar-refractivity contribution >= 4 is 34.3 Å². The molecular formula is C25H23ClN4O2. The molecular weight excluding hydrogens is 424 g/mol. The third-order valence-corrected chi connectivity index (χ3v) is 5.97. The van der Waals surface area contributed by atoms with Crippen LogP contribution >= 0.6 is 11.6 Å². The van der Waals surface area contributed by atoms with Gasteiger partial charge in [0.15, 0.2) is 0 Å². The largest absolute Gasteiger partial charge is 0.467 e. The number of para-hydroxylation sites is 2. The SMILES string of the molecule is CCCc1nc2ccccc2n1CC(=O)N1N=C(c2ccc(Cl)cc2)C[C@@H]1c1ccco1. The van der Waals surface area contributed by atoms with Gasteiger partial charge in [0.1, 0.15) is 24.2 Å². The smallest absolute Gasteiger partial charge is 0.263 e. The van der Waals surface area contributed by atoms with E-state index in [0.717, 1.165) is 46.7 Å². The Labute approximate surface area is 191 Å². The van der Waals surface area contributed by atoms with Crippen molar-refractivity contribution in [2.24, 2.45) is 5.10 Å². The highest BCUT2D eigenvalue weighted by molar-refractivity contribution is 6.30. The van der Waals surface area contributed by atoms with Crippen molar-refractivity contribution in [3.63, 3.8) is 0 Å². The van der Waals surface area contributed by atoms with Gasteiger partial charge >= 0.3 is 0 Å². The van der Waals surface area contributed by atoms with Crippen LogP contribution in [-0.2, 0) is 17.8 Å². The number of carbonyl (C=O) groups excluding carboxylic acids is 1. The van der Waals surface area contributed by atoms with Crippen LogP contribution in [0.1, 0.15) is 43.0 Å². The van der Waals surface area contributed by atoms with Gasteiger partial charge in [-0.05, 0) is 48.4 Å². The van der Waals surface area contributed by atoms with Gasteiger partial charge in [0.2, 0.25) is 0 Å². The molecule has 0 spiro atoms. The first-order valence-electron chi connectivity index (χ1n) is 10.8. The number of nitrogens with zero attached hydrogens (tertiary/aromatic N) is 4. The Morgan fingerprint density at radius 3 is 2.69 bits per heavy atom. The lowest BCUT2D eigenvalue weighted by atomic mass is 10.0. The van der Waals surface area contributed by atoms with E-state index in [2.05, 4.69) is 6.92 Å². The number of hydrogen-bond donors (Lipinski definition) is 0. The van der Waals surface area contributed by atoms with Crippen molar-refractivity contribution in [2.45, 2.75) is 38.8 Å². The summed E-state index contributed by atoms with van der Waals surface area (Å²) in [5.74, 6) is 1.53. The fourth-order valence-corrected chi connectivity index (χ4v) is 4.31. The summed E-state index contributed by atoms with van der Waals surface area (Å²) in [4.78, 5) is 18.3. The average Bonchev–Trinajstić information content (AvgIpc) is 3.54. The minimum absolute atomic E-state index is 0.101. The maximum absolute atomic E-state index is 13.6. The molecule has 0 saturated heterocycles. The van der Waals surface area contributed by atoms with E-state index >= 15 is 0 Å². The van der Waals surface area contributed by atoms with Crippen LogP contribution in [0.25, 0.3) is 11.0 Å². The molecule has 2 aromatic heterocycles. The van der Waals surface area contributed by atoms with Gasteiger partial charge in [-0.15, -0.1) is 0 Å². The predicted octanol–water partition coefficient (Wildman–Crippen LogP) is 5.61. The maximum atomic E-state index is 13.6. The molecule has 1 aliphatic rings. The summed E-state index contributed by atoms with van der Waals surface area (Å²) in [6.07, 6.45) is 3.96. The Balaban J connectivity index is 1.50. The Bertz CT molecular complexity index is 1280. The van der Waals surface area contributed by atoms with E-state index in [4.69, 9.17) is 26.1 Å². The van der Waals surface area contributed by atoms with Gasteiger partial charge in [0, 0.05) is 17.9 Å². The van der Waals surface area contributed by atoms with E-state index < -0.39 is 0 Å². The first-order chi connectivity index (χ1) is 15.6. The van der Waals surface area contributed by atoms with E-state index in [1.165, 1.54) is 0 Å². The quantitative estimate of drug-likeness (QED) is 0.386. The molecule has 6 nitrogen and oxygen atoms in total. The van der Waals surface area contributed by atoms with Crippen LogP contribution in [0.15, 0.2) is 76.4 Å². The van der Waals surface area contributed by atoms with Crippen LogP contribution in [0.5, 0.6) is 0 Å². The van der Waals surface area contributed by atoms with Gasteiger partial charge < -0.3 is 8.98 Å². The number of rotatable bonds is 6. The highest BCUT2D eigenvalue weighted by Crippen LogP contribution is 2.34. The molecule has 5 rings (SSSR count). The molecule has 2 aromatic carbocycles. The van der Waals surface area contributed by atoms with Gasteiger partial charge in [-0.25, -0.2) is 9.99 Å². The molecule has 0 saturated carbocycles. The zero-order valence-electron chi connectivity index (χ0n) is 17.7. The minimum atomic E-state index is -0.285. The van der Waals surface area contributed by atoms with E-state index in [1.54, 1.807) is 11.3 Å². The van der Waals surface area contributed by atoms with E-state index in [0.29, 0.717) is 11.4 Å². The minimum Gasteiger partial charge on any atom is -0.467 e. The molecule has 0 fully saturated rings. The van der Waals surface area contributed by atoms with Gasteiger partial charge in [-0.2, -0.15) is 5.10 Å². The standard InChI is InChI=1S/C25H23ClN4O2/c1-2-6-24-27-19-7-3-4-8-21(19)29(24)16-25(31)30-22(23-9-5-14-32-23)15-20(28-30)17-10-12-18(26)13-11-17/h3-5,7-14,22H,2,6,15-16H2,1H3/t22-/m1/s1. The maximum Gasteiger partial charge on any atom is 0.263 e. The monoisotopic (exact) mass is 446 g/mol. The number of aromatic nitrogens is 2. The topological polar surface area (TPSA) is 63.6 Å². The van der Waals surface area contributed by atoms with Gasteiger partial charge in [0.25, 0.3) is 5.91 Å². The molecule has 0 N–H and O–H groups in total. The second-order valence-corrected chi connectivity index (χ2v) is 8.32. The van der Waals surface area contributed by atoms with Crippen molar-refractivity contribution in [1.29, 1.82) is 0 Å². The molecule has 162 valence electrons. The van der Waals surface area contributed by atoms with Crippen molar-refractivity contribution in [3.05, 3.63) is 89.1 Å².